The van der Waals surface area contributed by atoms with Crippen LogP contribution in [0.25, 0.3) is 0 Å². The predicted molar refractivity (Wildman–Crippen MR) is 71.6 cm³/mol. The van der Waals surface area contributed by atoms with Crippen molar-refractivity contribution in [3.63, 3.8) is 0 Å². The quantitative estimate of drug-likeness (QED) is 0.870. The molecule has 18 heavy (non-hydrogen) atoms. The van der Waals surface area contributed by atoms with Crippen LogP contribution < -0.4 is 10.5 Å². The molecule has 0 atom stereocenters. The van der Waals surface area contributed by atoms with E-state index in [9.17, 15) is 8.42 Å². The molecule has 0 radical (unpaired) electrons. The Kier molecular flexibility index (Phi) is 3.75. The van der Waals surface area contributed by atoms with Gasteiger partial charge >= 0.3 is 0 Å². The molecule has 0 saturated heterocycles. The van der Waals surface area contributed by atoms with E-state index in [0.29, 0.717) is 17.4 Å². The van der Waals surface area contributed by atoms with Crippen molar-refractivity contribution in [3.8, 4) is 0 Å². The summed E-state index contributed by atoms with van der Waals surface area (Å²) in [7, 11) is -3.38. The second-order valence-electron chi connectivity index (χ2n) is 5.19. The first-order chi connectivity index (χ1) is 8.42. The predicted octanol–water partition coefficient (Wildman–Crippen LogP) is 1.53. The van der Waals surface area contributed by atoms with E-state index in [0.717, 1.165) is 24.0 Å². The van der Waals surface area contributed by atoms with Crippen molar-refractivity contribution >= 4 is 10.0 Å². The average Bonchev–Trinajstić information content (AvgIpc) is 2.26. The first kappa shape index (κ1) is 13.5. The van der Waals surface area contributed by atoms with Crippen molar-refractivity contribution in [1.29, 1.82) is 0 Å². The third-order valence-corrected chi connectivity index (χ3v) is 5.06. The number of nitrogens with one attached hydrogen (secondary N) is 1. The number of hydrogen-bond acceptors (Lipinski definition) is 3. The van der Waals surface area contributed by atoms with Gasteiger partial charge in [0.2, 0.25) is 10.0 Å². The Labute approximate surface area is 109 Å². The van der Waals surface area contributed by atoms with Gasteiger partial charge in [0.05, 0.1) is 4.90 Å². The van der Waals surface area contributed by atoms with Crippen LogP contribution in [0, 0.1) is 12.8 Å². The minimum absolute atomic E-state index is 0.0968. The first-order valence-electron chi connectivity index (χ1n) is 6.24. The van der Waals surface area contributed by atoms with E-state index in [-0.39, 0.29) is 6.04 Å². The SMILES string of the molecule is Cc1cc(S(=O)(=O)NC2CC(C)C2)ccc1CN. The molecule has 5 heteroatoms. The Morgan fingerprint density at radius 2 is 2.06 bits per heavy atom. The highest BCUT2D eigenvalue weighted by Crippen LogP contribution is 2.28. The first-order valence-corrected chi connectivity index (χ1v) is 7.72. The van der Waals surface area contributed by atoms with E-state index < -0.39 is 10.0 Å². The van der Waals surface area contributed by atoms with Crippen LogP contribution in [0.5, 0.6) is 0 Å². The number of hydrogen-bond donors (Lipinski definition) is 2. The maximum atomic E-state index is 12.2. The molecule has 100 valence electrons. The fourth-order valence-electron chi connectivity index (χ4n) is 2.35. The largest absolute Gasteiger partial charge is 0.326 e. The highest BCUT2D eigenvalue weighted by Gasteiger charge is 2.29. The lowest BCUT2D eigenvalue weighted by atomic mass is 9.83. The summed E-state index contributed by atoms with van der Waals surface area (Å²) in [5.41, 5.74) is 7.47. The summed E-state index contributed by atoms with van der Waals surface area (Å²) in [6.45, 7) is 4.44. The maximum absolute atomic E-state index is 12.2. The van der Waals surface area contributed by atoms with Gasteiger partial charge in [-0.2, -0.15) is 0 Å². The fourth-order valence-corrected chi connectivity index (χ4v) is 3.70. The molecule has 4 nitrogen and oxygen atoms in total. The van der Waals surface area contributed by atoms with Crippen LogP contribution in [0.1, 0.15) is 30.9 Å². The lowest BCUT2D eigenvalue weighted by Crippen LogP contribution is -2.43. The molecule has 1 aromatic rings. The van der Waals surface area contributed by atoms with Crippen molar-refractivity contribution in [1.82, 2.24) is 4.72 Å². The zero-order chi connectivity index (χ0) is 13.3. The van der Waals surface area contributed by atoms with Crippen molar-refractivity contribution in [2.24, 2.45) is 11.7 Å². The molecule has 0 bridgehead atoms. The number of rotatable bonds is 4. The van der Waals surface area contributed by atoms with Gasteiger partial charge in [-0.05, 0) is 48.9 Å². The van der Waals surface area contributed by atoms with Gasteiger partial charge in [0.1, 0.15) is 0 Å². The van der Waals surface area contributed by atoms with Crippen LogP contribution >= 0.6 is 0 Å². The molecule has 1 aliphatic carbocycles. The molecular weight excluding hydrogens is 248 g/mol. The second kappa shape index (κ2) is 4.99. The zero-order valence-corrected chi connectivity index (χ0v) is 11.6. The van der Waals surface area contributed by atoms with Crippen LogP contribution in [0.15, 0.2) is 23.1 Å². The molecule has 1 aliphatic rings. The highest BCUT2D eigenvalue weighted by atomic mass is 32.2. The summed E-state index contributed by atoms with van der Waals surface area (Å²) >= 11 is 0. The number of sulfonamides is 1. The number of benzene rings is 1. The van der Waals surface area contributed by atoms with Crippen LogP contribution in [0.2, 0.25) is 0 Å². The summed E-state index contributed by atoms with van der Waals surface area (Å²) in [4.78, 5) is 0.330. The van der Waals surface area contributed by atoms with Crippen LogP contribution in [-0.2, 0) is 16.6 Å². The van der Waals surface area contributed by atoms with Gasteiger partial charge in [0, 0.05) is 12.6 Å². The summed E-state index contributed by atoms with van der Waals surface area (Å²) in [6, 6.07) is 5.19. The third-order valence-electron chi connectivity index (χ3n) is 3.54. The second-order valence-corrected chi connectivity index (χ2v) is 6.90. The average molecular weight is 268 g/mol. The Hall–Kier alpha value is -0.910. The van der Waals surface area contributed by atoms with Gasteiger partial charge in [-0.1, -0.05) is 13.0 Å². The topological polar surface area (TPSA) is 72.2 Å². The molecule has 1 saturated carbocycles. The van der Waals surface area contributed by atoms with E-state index >= 15 is 0 Å². The smallest absolute Gasteiger partial charge is 0.240 e. The highest BCUT2D eigenvalue weighted by molar-refractivity contribution is 7.89. The Morgan fingerprint density at radius 3 is 2.56 bits per heavy atom. The van der Waals surface area contributed by atoms with Crippen molar-refractivity contribution in [2.45, 2.75) is 44.2 Å². The van der Waals surface area contributed by atoms with E-state index in [1.807, 2.05) is 6.92 Å². The van der Waals surface area contributed by atoms with E-state index in [1.165, 1.54) is 0 Å². The summed E-state index contributed by atoms with van der Waals surface area (Å²) in [6.07, 6.45) is 1.86. The standard InChI is InChI=1S/C13H20N2O2S/c1-9-5-12(6-9)15-18(16,17)13-4-3-11(8-14)10(2)7-13/h3-4,7,9,12,15H,5-6,8,14H2,1-2H3. The molecule has 0 aliphatic heterocycles. The summed E-state index contributed by atoms with van der Waals surface area (Å²) in [5, 5.41) is 0. The zero-order valence-electron chi connectivity index (χ0n) is 10.8. The molecule has 1 aromatic carbocycles. The minimum atomic E-state index is -3.38. The van der Waals surface area contributed by atoms with E-state index in [1.54, 1.807) is 18.2 Å². The molecular formula is C13H20N2O2S. The number of aryl methyl sites for hydroxylation is 1. The molecule has 0 spiro atoms. The van der Waals surface area contributed by atoms with Crippen molar-refractivity contribution in [2.75, 3.05) is 0 Å². The normalized spacial score (nSPS) is 23.7. The van der Waals surface area contributed by atoms with Crippen molar-refractivity contribution in [3.05, 3.63) is 29.3 Å². The Balaban J connectivity index is 2.16. The third kappa shape index (κ3) is 2.74. The lowest BCUT2D eigenvalue weighted by molar-refractivity contribution is 0.270. The minimum Gasteiger partial charge on any atom is -0.326 e. The molecule has 0 unspecified atom stereocenters. The number of nitrogens with two attached hydrogens (primary N) is 1. The molecule has 2 rings (SSSR count). The van der Waals surface area contributed by atoms with Gasteiger partial charge in [-0.15, -0.1) is 0 Å². The van der Waals surface area contributed by atoms with Crippen LogP contribution in [-0.4, -0.2) is 14.5 Å². The molecule has 1 fully saturated rings. The molecule has 0 amide bonds. The Morgan fingerprint density at radius 1 is 1.39 bits per heavy atom. The van der Waals surface area contributed by atoms with E-state index in [4.69, 9.17) is 5.73 Å². The van der Waals surface area contributed by atoms with Gasteiger partial charge in [-0.25, -0.2) is 13.1 Å². The molecule has 0 aromatic heterocycles. The van der Waals surface area contributed by atoms with Crippen molar-refractivity contribution < 1.29 is 8.42 Å². The molecule has 0 heterocycles. The Bertz CT molecular complexity index is 534. The van der Waals surface area contributed by atoms with Gasteiger partial charge in [0.15, 0.2) is 0 Å². The van der Waals surface area contributed by atoms with Crippen LogP contribution in [0.4, 0.5) is 0 Å². The monoisotopic (exact) mass is 268 g/mol. The molecule has 3 N–H and O–H groups in total. The van der Waals surface area contributed by atoms with E-state index in [2.05, 4.69) is 11.6 Å². The fraction of sp³-hybridized carbons (Fsp3) is 0.538. The maximum Gasteiger partial charge on any atom is 0.240 e. The van der Waals surface area contributed by atoms with Gasteiger partial charge in [0.25, 0.3) is 0 Å². The lowest BCUT2D eigenvalue weighted by Gasteiger charge is -2.32. The van der Waals surface area contributed by atoms with Gasteiger partial charge in [-0.3, -0.25) is 0 Å². The van der Waals surface area contributed by atoms with Crippen LogP contribution in [0.3, 0.4) is 0 Å². The van der Waals surface area contributed by atoms with Gasteiger partial charge < -0.3 is 5.73 Å². The summed E-state index contributed by atoms with van der Waals surface area (Å²) in [5.74, 6) is 0.624. The summed E-state index contributed by atoms with van der Waals surface area (Å²) < 4.78 is 27.0.